The molecular formula is C16H15BrN2O. The first-order valence-corrected chi connectivity index (χ1v) is 7.33. The normalized spacial score (nSPS) is 10.9. The Hall–Kier alpha value is -1.81. The maximum absolute atomic E-state index is 5.79. The van der Waals surface area contributed by atoms with Gasteiger partial charge in [0.2, 0.25) is 0 Å². The number of hydrogen-bond acceptors (Lipinski definition) is 2. The van der Waals surface area contributed by atoms with Gasteiger partial charge in [-0.3, -0.25) is 0 Å². The highest BCUT2D eigenvalue weighted by Crippen LogP contribution is 2.19. The summed E-state index contributed by atoms with van der Waals surface area (Å²) in [6, 6.07) is 16.1. The van der Waals surface area contributed by atoms with Gasteiger partial charge < -0.3 is 9.30 Å². The molecule has 0 fully saturated rings. The Morgan fingerprint density at radius 2 is 2.00 bits per heavy atom. The molecule has 20 heavy (non-hydrogen) atoms. The van der Waals surface area contributed by atoms with Crippen LogP contribution in [0.15, 0.2) is 53.0 Å². The molecule has 0 spiro atoms. The Labute approximate surface area is 126 Å². The van der Waals surface area contributed by atoms with Gasteiger partial charge in [-0.15, -0.1) is 0 Å². The fourth-order valence-corrected chi connectivity index (χ4v) is 2.67. The summed E-state index contributed by atoms with van der Waals surface area (Å²) in [5.41, 5.74) is 2.19. The van der Waals surface area contributed by atoms with Crippen LogP contribution in [-0.2, 0) is 6.54 Å². The third-order valence-electron chi connectivity index (χ3n) is 3.23. The van der Waals surface area contributed by atoms with E-state index in [4.69, 9.17) is 4.74 Å². The zero-order valence-corrected chi connectivity index (χ0v) is 12.8. The van der Waals surface area contributed by atoms with Gasteiger partial charge in [-0.2, -0.15) is 0 Å². The molecule has 0 amide bonds. The van der Waals surface area contributed by atoms with E-state index in [1.165, 1.54) is 0 Å². The fourth-order valence-electron chi connectivity index (χ4n) is 2.29. The quantitative estimate of drug-likeness (QED) is 0.717. The van der Waals surface area contributed by atoms with E-state index >= 15 is 0 Å². The fraction of sp³-hybridized carbons (Fsp3) is 0.188. The summed E-state index contributed by atoms with van der Waals surface area (Å²) in [5.74, 6) is 1.89. The largest absolute Gasteiger partial charge is 0.492 e. The lowest BCUT2D eigenvalue weighted by atomic mass is 10.3. The van der Waals surface area contributed by atoms with Crippen molar-refractivity contribution in [3.05, 3.63) is 58.8 Å². The van der Waals surface area contributed by atoms with Crippen molar-refractivity contribution in [3.63, 3.8) is 0 Å². The average molecular weight is 331 g/mol. The molecule has 0 aliphatic heterocycles. The number of aromatic nitrogens is 2. The molecule has 0 saturated carbocycles. The van der Waals surface area contributed by atoms with E-state index in [0.717, 1.165) is 33.6 Å². The van der Waals surface area contributed by atoms with Crippen molar-refractivity contribution in [2.24, 2.45) is 0 Å². The number of rotatable bonds is 4. The van der Waals surface area contributed by atoms with Gasteiger partial charge in [0.1, 0.15) is 18.2 Å². The van der Waals surface area contributed by atoms with Crippen LogP contribution in [0.25, 0.3) is 11.0 Å². The molecule has 0 N–H and O–H groups in total. The van der Waals surface area contributed by atoms with E-state index in [1.54, 1.807) is 0 Å². The van der Waals surface area contributed by atoms with Gasteiger partial charge in [0.05, 0.1) is 17.6 Å². The second kappa shape index (κ2) is 5.67. The molecule has 0 aliphatic carbocycles. The van der Waals surface area contributed by atoms with Crippen molar-refractivity contribution in [3.8, 4) is 5.75 Å². The number of para-hydroxylation sites is 2. The minimum atomic E-state index is 0.623. The highest BCUT2D eigenvalue weighted by molar-refractivity contribution is 9.10. The molecule has 3 aromatic rings. The van der Waals surface area contributed by atoms with Crippen molar-refractivity contribution < 1.29 is 4.74 Å². The van der Waals surface area contributed by atoms with E-state index in [2.05, 4.69) is 31.5 Å². The van der Waals surface area contributed by atoms with Crippen LogP contribution in [0.3, 0.4) is 0 Å². The van der Waals surface area contributed by atoms with Crippen LogP contribution >= 0.6 is 15.9 Å². The van der Waals surface area contributed by atoms with Crippen molar-refractivity contribution in [1.29, 1.82) is 0 Å². The van der Waals surface area contributed by atoms with Crippen LogP contribution in [0.2, 0.25) is 0 Å². The molecule has 4 heteroatoms. The summed E-state index contributed by atoms with van der Waals surface area (Å²) in [6.07, 6.45) is 0. The van der Waals surface area contributed by atoms with Crippen molar-refractivity contribution in [1.82, 2.24) is 9.55 Å². The van der Waals surface area contributed by atoms with Crippen molar-refractivity contribution in [2.75, 3.05) is 6.61 Å². The molecule has 0 unspecified atom stereocenters. The van der Waals surface area contributed by atoms with Crippen LogP contribution < -0.4 is 4.74 Å². The minimum Gasteiger partial charge on any atom is -0.492 e. The second-order valence-electron chi connectivity index (χ2n) is 4.61. The number of ether oxygens (including phenoxy) is 1. The summed E-state index contributed by atoms with van der Waals surface area (Å²) >= 11 is 3.44. The van der Waals surface area contributed by atoms with Gasteiger partial charge in [0.15, 0.2) is 0 Å². The Bertz CT molecular complexity index is 736. The van der Waals surface area contributed by atoms with Gasteiger partial charge in [0, 0.05) is 4.47 Å². The number of hydrogen-bond donors (Lipinski definition) is 0. The Balaban J connectivity index is 1.73. The smallest absolute Gasteiger partial charge is 0.120 e. The lowest BCUT2D eigenvalue weighted by Gasteiger charge is -2.09. The topological polar surface area (TPSA) is 27.1 Å². The molecule has 3 nitrogen and oxygen atoms in total. The van der Waals surface area contributed by atoms with Crippen molar-refractivity contribution >= 4 is 27.0 Å². The summed E-state index contributed by atoms with van der Waals surface area (Å²) in [6.45, 7) is 3.44. The monoisotopic (exact) mass is 330 g/mol. The van der Waals surface area contributed by atoms with E-state index in [1.807, 2.05) is 49.4 Å². The predicted molar refractivity (Wildman–Crippen MR) is 84.1 cm³/mol. The maximum atomic E-state index is 5.79. The molecule has 0 saturated heterocycles. The lowest BCUT2D eigenvalue weighted by Crippen LogP contribution is -2.09. The van der Waals surface area contributed by atoms with E-state index < -0.39 is 0 Å². The molecule has 0 aliphatic rings. The summed E-state index contributed by atoms with van der Waals surface area (Å²) in [5, 5.41) is 0. The maximum Gasteiger partial charge on any atom is 0.120 e. The molecule has 1 aromatic heterocycles. The first kappa shape index (κ1) is 13.2. The molecule has 102 valence electrons. The second-order valence-corrected chi connectivity index (χ2v) is 5.52. The van der Waals surface area contributed by atoms with Gasteiger partial charge in [0.25, 0.3) is 0 Å². The Morgan fingerprint density at radius 3 is 2.85 bits per heavy atom. The number of fused-ring (bicyclic) bond motifs is 1. The number of aryl methyl sites for hydroxylation is 1. The third-order valence-corrected chi connectivity index (χ3v) is 3.72. The first-order valence-electron chi connectivity index (χ1n) is 6.54. The van der Waals surface area contributed by atoms with Crippen molar-refractivity contribution in [2.45, 2.75) is 13.5 Å². The molecule has 0 atom stereocenters. The number of nitrogens with zero attached hydrogens (tertiary/aromatic N) is 2. The SMILES string of the molecule is Cc1nc2ccccc2n1CCOc1cccc(Br)c1. The highest BCUT2D eigenvalue weighted by atomic mass is 79.9. The van der Waals surface area contributed by atoms with Gasteiger partial charge in [-0.25, -0.2) is 4.98 Å². The van der Waals surface area contributed by atoms with Gasteiger partial charge in [-0.05, 0) is 37.3 Å². The highest BCUT2D eigenvalue weighted by Gasteiger charge is 2.06. The van der Waals surface area contributed by atoms with Crippen LogP contribution in [0.4, 0.5) is 0 Å². The molecular weight excluding hydrogens is 316 g/mol. The Kier molecular flexibility index (Phi) is 3.74. The number of halogens is 1. The van der Waals surface area contributed by atoms with Gasteiger partial charge >= 0.3 is 0 Å². The zero-order chi connectivity index (χ0) is 13.9. The third kappa shape index (κ3) is 2.70. The van der Waals surface area contributed by atoms with Crippen LogP contribution in [0.1, 0.15) is 5.82 Å². The summed E-state index contributed by atoms with van der Waals surface area (Å²) in [4.78, 5) is 4.55. The molecule has 1 heterocycles. The van der Waals surface area contributed by atoms with Crippen LogP contribution in [-0.4, -0.2) is 16.2 Å². The minimum absolute atomic E-state index is 0.623. The van der Waals surface area contributed by atoms with E-state index in [-0.39, 0.29) is 0 Å². The van der Waals surface area contributed by atoms with E-state index in [0.29, 0.717) is 6.61 Å². The number of imidazole rings is 1. The van der Waals surface area contributed by atoms with Crippen LogP contribution in [0, 0.1) is 6.92 Å². The lowest BCUT2D eigenvalue weighted by molar-refractivity contribution is 0.299. The standard InChI is InChI=1S/C16H15BrN2O/c1-12-18-15-7-2-3-8-16(15)19(12)9-10-20-14-6-4-5-13(17)11-14/h2-8,11H,9-10H2,1H3. The van der Waals surface area contributed by atoms with E-state index in [9.17, 15) is 0 Å². The number of benzene rings is 2. The average Bonchev–Trinajstić information content (AvgIpc) is 2.75. The molecule has 0 bridgehead atoms. The van der Waals surface area contributed by atoms with Gasteiger partial charge in [-0.1, -0.05) is 34.1 Å². The summed E-state index contributed by atoms with van der Waals surface area (Å²) in [7, 11) is 0. The zero-order valence-electron chi connectivity index (χ0n) is 11.2. The molecule has 2 aromatic carbocycles. The predicted octanol–water partition coefficient (Wildman–Crippen LogP) is 4.19. The molecule has 3 rings (SSSR count). The molecule has 0 radical (unpaired) electrons. The first-order chi connectivity index (χ1) is 9.74. The Morgan fingerprint density at radius 1 is 1.15 bits per heavy atom. The summed E-state index contributed by atoms with van der Waals surface area (Å²) < 4.78 is 9.00. The van der Waals surface area contributed by atoms with Crippen LogP contribution in [0.5, 0.6) is 5.75 Å².